The van der Waals surface area contributed by atoms with Crippen molar-refractivity contribution in [2.24, 2.45) is 5.73 Å². The minimum absolute atomic E-state index is 0.612. The number of benzene rings is 2. The Morgan fingerprint density at radius 1 is 0.900 bits per heavy atom. The van der Waals surface area contributed by atoms with Crippen LogP contribution in [-0.4, -0.2) is 13.1 Å². The van der Waals surface area contributed by atoms with Crippen molar-refractivity contribution in [3.05, 3.63) is 65.7 Å². The maximum atomic E-state index is 5.64. The van der Waals surface area contributed by atoms with Crippen LogP contribution in [0, 0.1) is 0 Å². The first-order valence-corrected chi connectivity index (χ1v) is 7.41. The second-order valence-corrected chi connectivity index (χ2v) is 5.04. The highest BCUT2D eigenvalue weighted by Crippen LogP contribution is 2.16. The smallest absolute Gasteiger partial charge is 0.0366 e. The average molecular weight is 268 g/mol. The number of aryl methyl sites for hydroxylation is 1. The Hall–Kier alpha value is -1.80. The summed E-state index contributed by atoms with van der Waals surface area (Å²) in [6, 6.07) is 19.3. The van der Waals surface area contributed by atoms with Gasteiger partial charge in [-0.2, -0.15) is 0 Å². The largest absolute Gasteiger partial charge is 0.372 e. The molecular weight excluding hydrogens is 244 g/mol. The van der Waals surface area contributed by atoms with Gasteiger partial charge in [0.05, 0.1) is 0 Å². The summed E-state index contributed by atoms with van der Waals surface area (Å²) in [5.41, 5.74) is 9.54. The summed E-state index contributed by atoms with van der Waals surface area (Å²) in [4.78, 5) is 2.42. The zero-order valence-electron chi connectivity index (χ0n) is 12.3. The van der Waals surface area contributed by atoms with Crippen molar-refractivity contribution in [2.45, 2.75) is 26.3 Å². The molecule has 0 amide bonds. The third-order valence-corrected chi connectivity index (χ3v) is 3.66. The standard InChI is InChI=1S/C18H24N2/c1-2-20(18-12-10-17(15-19)11-13-18)14-6-9-16-7-4-3-5-8-16/h3-5,7-8,10-13H,2,6,9,14-15,19H2,1H3. The molecule has 0 aliphatic carbocycles. The lowest BCUT2D eigenvalue weighted by Gasteiger charge is -2.23. The molecule has 0 heterocycles. The molecule has 2 aromatic rings. The molecule has 0 saturated heterocycles. The van der Waals surface area contributed by atoms with Crippen molar-refractivity contribution in [2.75, 3.05) is 18.0 Å². The van der Waals surface area contributed by atoms with Crippen molar-refractivity contribution in [1.29, 1.82) is 0 Å². The van der Waals surface area contributed by atoms with E-state index in [1.165, 1.54) is 23.2 Å². The molecule has 0 unspecified atom stereocenters. The van der Waals surface area contributed by atoms with E-state index in [0.29, 0.717) is 6.54 Å². The molecule has 2 nitrogen and oxygen atoms in total. The molecule has 106 valence electrons. The van der Waals surface area contributed by atoms with Gasteiger partial charge in [-0.1, -0.05) is 42.5 Å². The van der Waals surface area contributed by atoms with Gasteiger partial charge in [0.15, 0.2) is 0 Å². The summed E-state index contributed by atoms with van der Waals surface area (Å²) < 4.78 is 0. The second-order valence-electron chi connectivity index (χ2n) is 5.04. The molecule has 0 saturated carbocycles. The number of nitrogens with zero attached hydrogens (tertiary/aromatic N) is 1. The highest BCUT2D eigenvalue weighted by atomic mass is 15.1. The van der Waals surface area contributed by atoms with Gasteiger partial charge in [-0.15, -0.1) is 0 Å². The van der Waals surface area contributed by atoms with Crippen LogP contribution in [0.5, 0.6) is 0 Å². The van der Waals surface area contributed by atoms with Gasteiger partial charge in [-0.05, 0) is 43.0 Å². The normalized spacial score (nSPS) is 10.5. The zero-order chi connectivity index (χ0) is 14.2. The number of hydrogen-bond acceptors (Lipinski definition) is 2. The van der Waals surface area contributed by atoms with Crippen LogP contribution >= 0.6 is 0 Å². The minimum Gasteiger partial charge on any atom is -0.372 e. The first-order valence-electron chi connectivity index (χ1n) is 7.41. The van der Waals surface area contributed by atoms with Gasteiger partial charge in [-0.3, -0.25) is 0 Å². The molecule has 20 heavy (non-hydrogen) atoms. The number of rotatable bonds is 7. The topological polar surface area (TPSA) is 29.3 Å². The maximum absolute atomic E-state index is 5.64. The lowest BCUT2D eigenvalue weighted by atomic mass is 10.1. The van der Waals surface area contributed by atoms with Crippen LogP contribution in [0.25, 0.3) is 0 Å². The fraction of sp³-hybridized carbons (Fsp3) is 0.333. The summed E-state index contributed by atoms with van der Waals surface area (Å²) >= 11 is 0. The SMILES string of the molecule is CCN(CCCc1ccccc1)c1ccc(CN)cc1. The number of nitrogens with two attached hydrogens (primary N) is 1. The van der Waals surface area contributed by atoms with Crippen LogP contribution < -0.4 is 10.6 Å². The van der Waals surface area contributed by atoms with Crippen molar-refractivity contribution >= 4 is 5.69 Å². The fourth-order valence-corrected chi connectivity index (χ4v) is 2.43. The molecule has 2 rings (SSSR count). The Labute approximate surface area is 122 Å². The van der Waals surface area contributed by atoms with Gasteiger partial charge in [0.2, 0.25) is 0 Å². The predicted molar refractivity (Wildman–Crippen MR) is 87.0 cm³/mol. The fourth-order valence-electron chi connectivity index (χ4n) is 2.43. The van der Waals surface area contributed by atoms with E-state index in [2.05, 4.69) is 66.4 Å². The van der Waals surface area contributed by atoms with Crippen LogP contribution in [0.4, 0.5) is 5.69 Å². The highest BCUT2D eigenvalue weighted by Gasteiger charge is 2.04. The summed E-state index contributed by atoms with van der Waals surface area (Å²) in [7, 11) is 0. The van der Waals surface area contributed by atoms with Crippen molar-refractivity contribution in [3.63, 3.8) is 0 Å². The molecule has 2 aromatic carbocycles. The third-order valence-electron chi connectivity index (χ3n) is 3.66. The Bertz CT molecular complexity index is 491. The Balaban J connectivity index is 1.88. The molecule has 0 fully saturated rings. The summed E-state index contributed by atoms with van der Waals surface area (Å²) in [6.45, 7) is 4.95. The molecule has 0 aliphatic heterocycles. The van der Waals surface area contributed by atoms with Crippen LogP contribution in [0.2, 0.25) is 0 Å². The van der Waals surface area contributed by atoms with Gasteiger partial charge in [-0.25, -0.2) is 0 Å². The lowest BCUT2D eigenvalue weighted by Crippen LogP contribution is -2.24. The van der Waals surface area contributed by atoms with E-state index in [0.717, 1.165) is 19.5 Å². The van der Waals surface area contributed by atoms with E-state index < -0.39 is 0 Å². The zero-order valence-corrected chi connectivity index (χ0v) is 12.3. The third kappa shape index (κ3) is 4.10. The molecule has 2 heteroatoms. The van der Waals surface area contributed by atoms with Crippen LogP contribution in [0.15, 0.2) is 54.6 Å². The van der Waals surface area contributed by atoms with Gasteiger partial charge < -0.3 is 10.6 Å². The van der Waals surface area contributed by atoms with Gasteiger partial charge in [0.25, 0.3) is 0 Å². The molecule has 0 aromatic heterocycles. The summed E-state index contributed by atoms with van der Waals surface area (Å²) in [5.74, 6) is 0. The molecular formula is C18H24N2. The van der Waals surface area contributed by atoms with Gasteiger partial charge >= 0.3 is 0 Å². The van der Waals surface area contributed by atoms with Crippen LogP contribution in [0.1, 0.15) is 24.5 Å². The Morgan fingerprint density at radius 2 is 1.60 bits per heavy atom. The quantitative estimate of drug-likeness (QED) is 0.831. The first-order chi connectivity index (χ1) is 9.83. The van der Waals surface area contributed by atoms with E-state index >= 15 is 0 Å². The van der Waals surface area contributed by atoms with E-state index in [1.54, 1.807) is 0 Å². The number of anilines is 1. The Kier molecular flexibility index (Phi) is 5.63. The molecule has 2 N–H and O–H groups in total. The van der Waals surface area contributed by atoms with E-state index in [9.17, 15) is 0 Å². The second kappa shape index (κ2) is 7.71. The van der Waals surface area contributed by atoms with Crippen LogP contribution in [0.3, 0.4) is 0 Å². The highest BCUT2D eigenvalue weighted by molar-refractivity contribution is 5.47. The van der Waals surface area contributed by atoms with Crippen LogP contribution in [-0.2, 0) is 13.0 Å². The first kappa shape index (κ1) is 14.6. The maximum Gasteiger partial charge on any atom is 0.0366 e. The lowest BCUT2D eigenvalue weighted by molar-refractivity contribution is 0.746. The van der Waals surface area contributed by atoms with E-state index in [4.69, 9.17) is 5.73 Å². The molecule has 0 atom stereocenters. The van der Waals surface area contributed by atoms with Crippen molar-refractivity contribution in [1.82, 2.24) is 0 Å². The van der Waals surface area contributed by atoms with E-state index in [-0.39, 0.29) is 0 Å². The molecule has 0 spiro atoms. The summed E-state index contributed by atoms with van der Waals surface area (Å²) in [6.07, 6.45) is 2.31. The van der Waals surface area contributed by atoms with Gasteiger partial charge in [0, 0.05) is 25.3 Å². The monoisotopic (exact) mass is 268 g/mol. The Morgan fingerprint density at radius 3 is 2.20 bits per heavy atom. The minimum atomic E-state index is 0.612. The van der Waals surface area contributed by atoms with Crippen molar-refractivity contribution in [3.8, 4) is 0 Å². The number of hydrogen-bond donors (Lipinski definition) is 1. The molecule has 0 aliphatic rings. The molecule has 0 bridgehead atoms. The van der Waals surface area contributed by atoms with Crippen molar-refractivity contribution < 1.29 is 0 Å². The average Bonchev–Trinajstić information content (AvgIpc) is 2.53. The summed E-state index contributed by atoms with van der Waals surface area (Å²) in [5, 5.41) is 0. The molecule has 0 radical (unpaired) electrons. The predicted octanol–water partition coefficient (Wildman–Crippen LogP) is 3.60. The van der Waals surface area contributed by atoms with Gasteiger partial charge in [0.1, 0.15) is 0 Å². The van der Waals surface area contributed by atoms with E-state index in [1.807, 2.05) is 0 Å².